The molecule has 2 unspecified atom stereocenters. The Morgan fingerprint density at radius 1 is 0.517 bits per heavy atom. The first-order chi connectivity index (χ1) is 43.3. The van der Waals surface area contributed by atoms with Gasteiger partial charge in [0.2, 0.25) is 0 Å². The fourth-order valence-electron chi connectivity index (χ4n) is 13.6. The zero-order valence-corrected chi connectivity index (χ0v) is 50.6. The highest BCUT2D eigenvalue weighted by atomic mass is 79.9. The SMILES string of the molecule is COc1ccc(CN2C(=O)C(c3c[nH]c4ccccc34)=C(c3c(Br)n(C4C=C[C@H](OC(C)=O)CC4)c4ccccc34)C2=O)cc1.COc1ccc(CN2C(=O)c3c(c4c5ccccc5n(C5C=C[C@H](OC(C)=O)CC5)c4c4[nH]c5ccccc5c34)C2=O)cc1.[2HH]. The van der Waals surface area contributed by atoms with Gasteiger partial charge in [-0.1, -0.05) is 109 Å². The number of amides is 4. The number of imide groups is 2. The molecule has 4 amide bonds. The lowest BCUT2D eigenvalue weighted by Crippen LogP contribution is -2.31. The van der Waals surface area contributed by atoms with Gasteiger partial charge in [0.05, 0.1) is 82.8 Å². The number of methoxy groups -OCH3 is 2. The van der Waals surface area contributed by atoms with Crippen molar-refractivity contribution < 1.29 is 49.1 Å². The Morgan fingerprint density at radius 2 is 1.00 bits per heavy atom. The maximum Gasteiger partial charge on any atom is 0.303 e. The lowest BCUT2D eigenvalue weighted by atomic mass is 9.95. The number of hydrogen-bond donors (Lipinski definition) is 2. The van der Waals surface area contributed by atoms with Crippen LogP contribution < -0.4 is 9.47 Å². The number of carbonyl (C=O) groups excluding carboxylic acids is 6. The van der Waals surface area contributed by atoms with Gasteiger partial charge in [-0.3, -0.25) is 38.6 Å². The lowest BCUT2D eigenvalue weighted by molar-refractivity contribution is -0.145. The third kappa shape index (κ3) is 9.67. The molecule has 0 saturated heterocycles. The number of aromatic nitrogens is 4. The molecule has 7 aromatic carbocycles. The number of benzene rings is 7. The molecule has 0 saturated carbocycles. The molecule has 11 aromatic rings. The number of ether oxygens (including phenoxy) is 4. The number of halogens is 1. The number of aromatic amines is 2. The number of fused-ring (bicyclic) bond motifs is 12. The summed E-state index contributed by atoms with van der Waals surface area (Å²) in [6.07, 6.45) is 12.1. The summed E-state index contributed by atoms with van der Waals surface area (Å²) in [6.45, 7) is 3.12. The smallest absolute Gasteiger partial charge is 0.303 e. The number of esters is 2. The molecule has 4 aliphatic rings. The van der Waals surface area contributed by atoms with Gasteiger partial charge in [-0.2, -0.15) is 0 Å². The zero-order chi connectivity index (χ0) is 61.4. The van der Waals surface area contributed by atoms with Gasteiger partial charge < -0.3 is 38.0 Å². The van der Waals surface area contributed by atoms with E-state index in [1.54, 1.807) is 14.2 Å². The topological polar surface area (TPSA) is 187 Å². The summed E-state index contributed by atoms with van der Waals surface area (Å²) >= 11 is 3.89. The Balaban J connectivity index is 0.000000163. The Morgan fingerprint density at radius 3 is 1.56 bits per heavy atom. The highest BCUT2D eigenvalue weighted by Crippen LogP contribution is 2.49. The van der Waals surface area contributed by atoms with Crippen molar-refractivity contribution in [2.24, 2.45) is 0 Å². The first kappa shape index (κ1) is 56.5. The van der Waals surface area contributed by atoms with E-state index in [1.807, 2.05) is 164 Å². The highest BCUT2D eigenvalue weighted by molar-refractivity contribution is 9.10. The number of hydrogen-bond acceptors (Lipinski definition) is 10. The van der Waals surface area contributed by atoms with E-state index in [0.717, 1.165) is 89.4 Å². The summed E-state index contributed by atoms with van der Waals surface area (Å²) in [5.41, 5.74) is 10.0. The van der Waals surface area contributed by atoms with Gasteiger partial charge in [0.15, 0.2) is 0 Å². The molecule has 2 aliphatic heterocycles. The minimum Gasteiger partial charge on any atom is -0.497 e. The second-order valence-corrected chi connectivity index (χ2v) is 23.5. The van der Waals surface area contributed by atoms with Crippen LogP contribution in [0.3, 0.4) is 0 Å². The highest BCUT2D eigenvalue weighted by Gasteiger charge is 2.44. The van der Waals surface area contributed by atoms with Crippen molar-refractivity contribution >= 4 is 128 Å². The number of para-hydroxylation sites is 4. The van der Waals surface area contributed by atoms with Crippen molar-refractivity contribution in [1.82, 2.24) is 28.9 Å². The van der Waals surface area contributed by atoms with Crippen molar-refractivity contribution in [3.63, 3.8) is 0 Å². The maximum absolute atomic E-state index is 14.5. The molecule has 15 rings (SSSR count). The van der Waals surface area contributed by atoms with E-state index in [2.05, 4.69) is 47.2 Å². The predicted molar refractivity (Wildman–Crippen MR) is 347 cm³/mol. The van der Waals surface area contributed by atoms with Gasteiger partial charge in [-0.25, -0.2) is 0 Å². The van der Waals surface area contributed by atoms with Crippen molar-refractivity contribution in [1.29, 1.82) is 0 Å². The van der Waals surface area contributed by atoms with Crippen LogP contribution in [0.4, 0.5) is 0 Å². The molecule has 2 aliphatic carbocycles. The second kappa shape index (κ2) is 22.8. The number of allylic oxidation sites excluding steroid dienone is 2. The molecule has 89 heavy (non-hydrogen) atoms. The Labute approximate surface area is 520 Å². The molecular formula is C72H61BrN6O10. The summed E-state index contributed by atoms with van der Waals surface area (Å²) in [5.74, 6) is -0.488. The van der Waals surface area contributed by atoms with Crippen LogP contribution in [0.5, 0.6) is 11.5 Å². The number of nitrogens with one attached hydrogen (secondary N) is 2. The standard InChI is InChI=1S/C36H30BrN3O5.C36H29N3O5.H2/c1-21(41)45-25-17-13-23(14-18-25)40-30-10-6-4-8-27(30)31(34(40)37)33-32(28-19-38-29-9-5-3-7-26(28)29)35(42)39(36(33)43)20-22-11-15-24(44-2)16-12-22;1-20(40)44-24-17-13-22(14-18-24)39-28-10-6-4-8-26(28)30-32-31(29-25-7-3-5-9-27(25)37-33(29)34(30)39)35(41)38(36(32)42)19-21-11-15-23(43-2)16-12-21;/h3-13,15-17,19,23,25,38H,14,18,20H2,1-2H3;3-13,15-17,22,24,37H,14,18-19H2,1-2H3;1H/t23?,25-;22?,24-;/m00./s1/i;;1+1. The van der Waals surface area contributed by atoms with E-state index in [0.29, 0.717) is 62.3 Å². The Hall–Kier alpha value is -10.3. The number of rotatable bonds is 12. The quantitative estimate of drug-likeness (QED) is 0.0677. The average Bonchev–Trinajstić information content (AvgIpc) is 1.53. The number of carbonyl (C=O) groups is 6. The molecule has 6 heterocycles. The van der Waals surface area contributed by atoms with Crippen LogP contribution in [0.2, 0.25) is 0 Å². The van der Waals surface area contributed by atoms with Crippen molar-refractivity contribution in [3.8, 4) is 11.5 Å². The summed E-state index contributed by atoms with van der Waals surface area (Å²) in [4.78, 5) is 90.4. The third-order valence-corrected chi connectivity index (χ3v) is 18.3. The van der Waals surface area contributed by atoms with Crippen LogP contribution >= 0.6 is 15.9 Å². The van der Waals surface area contributed by atoms with E-state index in [1.165, 1.54) is 23.6 Å². The van der Waals surface area contributed by atoms with Crippen molar-refractivity contribution in [3.05, 3.63) is 214 Å². The molecule has 0 spiro atoms. The van der Waals surface area contributed by atoms with Crippen LogP contribution in [0.25, 0.3) is 76.6 Å². The van der Waals surface area contributed by atoms with Crippen LogP contribution in [0, 0.1) is 0 Å². The fraction of sp³-hybridized carbons (Fsp3) is 0.194. The van der Waals surface area contributed by atoms with Gasteiger partial charge in [-0.05, 0) is 113 Å². The van der Waals surface area contributed by atoms with E-state index in [9.17, 15) is 28.8 Å². The molecule has 446 valence electrons. The number of nitrogens with zero attached hydrogens (tertiary/aromatic N) is 4. The Kier molecular flexibility index (Phi) is 14.5. The van der Waals surface area contributed by atoms with Gasteiger partial charge in [-0.15, -0.1) is 0 Å². The van der Waals surface area contributed by atoms with Crippen LogP contribution in [-0.2, 0) is 41.7 Å². The van der Waals surface area contributed by atoms with E-state index in [-0.39, 0.29) is 74.4 Å². The normalized spacial score (nSPS) is 18.3. The molecule has 0 radical (unpaired) electrons. The zero-order valence-electron chi connectivity index (χ0n) is 49.0. The van der Waals surface area contributed by atoms with E-state index in [4.69, 9.17) is 18.9 Å². The van der Waals surface area contributed by atoms with Crippen LogP contribution in [0.15, 0.2) is 181 Å². The molecule has 0 bridgehead atoms. The summed E-state index contributed by atoms with van der Waals surface area (Å²) in [5, 5.41) is 5.09. The molecule has 2 N–H and O–H groups in total. The lowest BCUT2D eigenvalue weighted by Gasteiger charge is -2.25. The van der Waals surface area contributed by atoms with E-state index >= 15 is 0 Å². The maximum atomic E-state index is 14.5. The minimum atomic E-state index is -0.353. The second-order valence-electron chi connectivity index (χ2n) is 22.8. The summed E-state index contributed by atoms with van der Waals surface area (Å²) in [6, 6.07) is 46.4. The summed E-state index contributed by atoms with van der Waals surface area (Å²) < 4.78 is 26.6. The van der Waals surface area contributed by atoms with Crippen molar-refractivity contribution in [2.75, 3.05) is 14.2 Å². The molecule has 0 fully saturated rings. The monoisotopic (exact) mass is 1250 g/mol. The van der Waals surface area contributed by atoms with Gasteiger partial charge in [0.25, 0.3) is 23.6 Å². The molecule has 4 aromatic heterocycles. The first-order valence-corrected chi connectivity index (χ1v) is 30.4. The van der Waals surface area contributed by atoms with Gasteiger partial charge in [0.1, 0.15) is 23.7 Å². The molecule has 17 heteroatoms. The fourth-order valence-corrected chi connectivity index (χ4v) is 14.4. The largest absolute Gasteiger partial charge is 0.497 e. The first-order valence-electron chi connectivity index (χ1n) is 29.6. The van der Waals surface area contributed by atoms with E-state index < -0.39 is 0 Å². The van der Waals surface area contributed by atoms with Crippen molar-refractivity contribution in [2.45, 2.75) is 76.9 Å². The average molecular weight is 1250 g/mol. The third-order valence-electron chi connectivity index (χ3n) is 17.5. The summed E-state index contributed by atoms with van der Waals surface area (Å²) in [7, 11) is 3.20. The minimum absolute atomic E-state index is 0. The molecular weight excluding hydrogens is 1190 g/mol. The number of H-pyrrole nitrogens is 2. The van der Waals surface area contributed by atoms with Crippen LogP contribution in [0.1, 0.15) is 96.0 Å². The van der Waals surface area contributed by atoms with Crippen LogP contribution in [-0.4, -0.2) is 90.9 Å². The Bertz CT molecular complexity index is 4880. The van der Waals surface area contributed by atoms with Gasteiger partial charge in [0, 0.05) is 81.5 Å². The molecule has 16 nitrogen and oxygen atoms in total. The predicted octanol–water partition coefficient (Wildman–Crippen LogP) is 14.5. The van der Waals surface area contributed by atoms with Gasteiger partial charge >= 0.3 is 11.9 Å². The molecule has 4 atom stereocenters.